The van der Waals surface area contributed by atoms with Gasteiger partial charge in [0.25, 0.3) is 0 Å². The first-order chi connectivity index (χ1) is 23.7. The van der Waals surface area contributed by atoms with Crippen molar-refractivity contribution in [1.29, 1.82) is 0 Å². The number of benzene rings is 5. The van der Waals surface area contributed by atoms with E-state index in [0.29, 0.717) is 34.5 Å². The van der Waals surface area contributed by atoms with Gasteiger partial charge in [-0.15, -0.1) is 29.9 Å². The number of hydrogen-bond acceptors (Lipinski definition) is 12. The van der Waals surface area contributed by atoms with E-state index in [9.17, 15) is 0 Å². The molecule has 48 heavy (non-hydrogen) atoms. The molecular formula is C36H24N6O6. The molecule has 0 atom stereocenters. The van der Waals surface area contributed by atoms with Gasteiger partial charge in [0.15, 0.2) is 0 Å². The van der Waals surface area contributed by atoms with Crippen LogP contribution in [0.25, 0.3) is 0 Å². The number of nitrogens with zero attached hydrogens (tertiary/aromatic N) is 6. The van der Waals surface area contributed by atoms with Crippen molar-refractivity contribution in [3.05, 3.63) is 146 Å². The molecular weight excluding hydrogens is 612 g/mol. The number of hydrogen-bond donors (Lipinski definition) is 0. The van der Waals surface area contributed by atoms with E-state index in [2.05, 4.69) is 29.9 Å². The Balaban J connectivity index is 1.10. The Labute approximate surface area is 274 Å². The van der Waals surface area contributed by atoms with Crippen LogP contribution in [0.4, 0.5) is 0 Å². The lowest BCUT2D eigenvalue weighted by atomic mass is 10.3. The molecule has 234 valence electrons. The van der Waals surface area contributed by atoms with Crippen LogP contribution in [0.1, 0.15) is 0 Å². The van der Waals surface area contributed by atoms with Gasteiger partial charge in [-0.2, -0.15) is 0 Å². The third-order valence-corrected chi connectivity index (χ3v) is 6.20. The molecule has 0 unspecified atom stereocenters. The first-order valence-corrected chi connectivity index (χ1v) is 14.6. The van der Waals surface area contributed by atoms with Crippen molar-refractivity contribution in [1.82, 2.24) is 29.9 Å². The average molecular weight is 637 g/mol. The normalized spacial score (nSPS) is 10.5. The second kappa shape index (κ2) is 14.3. The van der Waals surface area contributed by atoms with Crippen LogP contribution >= 0.6 is 0 Å². The van der Waals surface area contributed by atoms with Crippen molar-refractivity contribution in [2.24, 2.45) is 0 Å². The summed E-state index contributed by atoms with van der Waals surface area (Å²) in [6.07, 6.45) is 0. The van der Waals surface area contributed by atoms with Gasteiger partial charge < -0.3 is 28.4 Å². The van der Waals surface area contributed by atoms with Gasteiger partial charge in [-0.3, -0.25) is 0 Å². The predicted octanol–water partition coefficient (Wildman–Crippen LogP) is 8.81. The SMILES string of the molecule is c1ccc(Oc2nc(Oc3ccccc3)nc(Oc3ccc(Oc4nc(Oc5ccccc5)nc(Oc5ccccc5)n4)cc3)n2)cc1. The summed E-state index contributed by atoms with van der Waals surface area (Å²) in [4.78, 5) is 25.8. The fourth-order valence-electron chi connectivity index (χ4n) is 4.08. The van der Waals surface area contributed by atoms with E-state index in [1.54, 1.807) is 72.8 Å². The van der Waals surface area contributed by atoms with E-state index >= 15 is 0 Å². The zero-order chi connectivity index (χ0) is 32.4. The minimum atomic E-state index is -0.0431. The van der Waals surface area contributed by atoms with Crippen LogP contribution in [0, 0.1) is 0 Å². The zero-order valence-corrected chi connectivity index (χ0v) is 25.0. The lowest BCUT2D eigenvalue weighted by molar-refractivity contribution is 0.358. The molecule has 0 aliphatic heterocycles. The highest BCUT2D eigenvalue weighted by Gasteiger charge is 2.15. The van der Waals surface area contributed by atoms with E-state index in [4.69, 9.17) is 28.4 Å². The molecule has 2 aromatic heterocycles. The van der Waals surface area contributed by atoms with Gasteiger partial charge in [-0.1, -0.05) is 72.8 Å². The molecule has 0 aliphatic rings. The topological polar surface area (TPSA) is 133 Å². The highest BCUT2D eigenvalue weighted by atomic mass is 16.5. The summed E-state index contributed by atoms with van der Waals surface area (Å²) in [5, 5.41) is 0. The molecule has 5 aromatic carbocycles. The predicted molar refractivity (Wildman–Crippen MR) is 172 cm³/mol. The molecule has 0 aliphatic carbocycles. The lowest BCUT2D eigenvalue weighted by Crippen LogP contribution is -2.02. The number of aromatic nitrogens is 6. The third-order valence-electron chi connectivity index (χ3n) is 6.20. The second-order valence-corrected chi connectivity index (χ2v) is 9.70. The Morgan fingerprint density at radius 2 is 0.375 bits per heavy atom. The largest absolute Gasteiger partial charge is 0.424 e. The minimum Gasteiger partial charge on any atom is -0.424 e. The fraction of sp³-hybridized carbons (Fsp3) is 0. The molecule has 0 N–H and O–H groups in total. The van der Waals surface area contributed by atoms with Crippen LogP contribution in [-0.2, 0) is 0 Å². The summed E-state index contributed by atoms with van der Waals surface area (Å²) in [6.45, 7) is 0. The summed E-state index contributed by atoms with van der Waals surface area (Å²) >= 11 is 0. The van der Waals surface area contributed by atoms with E-state index in [1.807, 2.05) is 72.8 Å². The highest BCUT2D eigenvalue weighted by Crippen LogP contribution is 2.30. The van der Waals surface area contributed by atoms with Gasteiger partial charge in [0.1, 0.15) is 34.5 Å². The quantitative estimate of drug-likeness (QED) is 0.127. The van der Waals surface area contributed by atoms with E-state index in [0.717, 1.165) is 0 Å². The Morgan fingerprint density at radius 3 is 0.562 bits per heavy atom. The molecule has 0 spiro atoms. The maximum atomic E-state index is 5.95. The van der Waals surface area contributed by atoms with Gasteiger partial charge >= 0.3 is 36.1 Å². The van der Waals surface area contributed by atoms with E-state index in [-0.39, 0.29) is 36.1 Å². The molecule has 0 bridgehead atoms. The molecule has 0 saturated carbocycles. The lowest BCUT2D eigenvalue weighted by Gasteiger charge is -2.11. The van der Waals surface area contributed by atoms with Crippen LogP contribution in [0.15, 0.2) is 146 Å². The van der Waals surface area contributed by atoms with Crippen LogP contribution in [0.5, 0.6) is 70.6 Å². The molecule has 0 amide bonds. The summed E-state index contributed by atoms with van der Waals surface area (Å²) in [6, 6.07) is 43.0. The summed E-state index contributed by atoms with van der Waals surface area (Å²) in [5.74, 6) is 2.96. The average Bonchev–Trinajstić information content (AvgIpc) is 3.11. The molecule has 12 heteroatoms. The minimum absolute atomic E-state index is 0.00558. The summed E-state index contributed by atoms with van der Waals surface area (Å²) in [5.41, 5.74) is 0. The molecule has 7 aromatic rings. The van der Waals surface area contributed by atoms with Crippen LogP contribution in [-0.4, -0.2) is 29.9 Å². The maximum absolute atomic E-state index is 5.95. The molecule has 0 radical (unpaired) electrons. The maximum Gasteiger partial charge on any atom is 0.331 e. The van der Waals surface area contributed by atoms with Gasteiger partial charge in [0.05, 0.1) is 0 Å². The summed E-state index contributed by atoms with van der Waals surface area (Å²) in [7, 11) is 0. The number of ether oxygens (including phenoxy) is 6. The number of rotatable bonds is 12. The first kappa shape index (κ1) is 29.6. The zero-order valence-electron chi connectivity index (χ0n) is 25.0. The van der Waals surface area contributed by atoms with Gasteiger partial charge in [0, 0.05) is 0 Å². The monoisotopic (exact) mass is 636 g/mol. The Morgan fingerprint density at radius 1 is 0.208 bits per heavy atom. The summed E-state index contributed by atoms with van der Waals surface area (Å²) < 4.78 is 35.2. The second-order valence-electron chi connectivity index (χ2n) is 9.70. The smallest absolute Gasteiger partial charge is 0.331 e. The number of para-hydroxylation sites is 4. The Bertz CT molecular complexity index is 1800. The van der Waals surface area contributed by atoms with Crippen molar-refractivity contribution in [2.45, 2.75) is 0 Å². The standard InChI is InChI=1S/C36H24N6O6/c1-5-13-25(14-6-1)43-31-37-32(44-26-15-7-2-8-16-26)40-35(39-31)47-29-21-23-30(24-22-29)48-36-41-33(45-27-17-9-3-10-18-27)38-34(42-36)46-28-19-11-4-12-20-28/h1-24H. The molecule has 12 nitrogen and oxygen atoms in total. The molecule has 2 heterocycles. The Kier molecular flexibility index (Phi) is 8.85. The van der Waals surface area contributed by atoms with Crippen molar-refractivity contribution >= 4 is 0 Å². The third kappa shape index (κ3) is 8.14. The van der Waals surface area contributed by atoms with Crippen LogP contribution < -0.4 is 28.4 Å². The van der Waals surface area contributed by atoms with Crippen molar-refractivity contribution in [3.63, 3.8) is 0 Å². The first-order valence-electron chi connectivity index (χ1n) is 14.6. The fourth-order valence-corrected chi connectivity index (χ4v) is 4.08. The Hall–Kier alpha value is -7.08. The van der Waals surface area contributed by atoms with Crippen LogP contribution in [0.2, 0.25) is 0 Å². The molecule has 7 rings (SSSR count). The van der Waals surface area contributed by atoms with Crippen LogP contribution in [0.3, 0.4) is 0 Å². The molecule has 0 fully saturated rings. The molecule has 0 saturated heterocycles. The van der Waals surface area contributed by atoms with E-state index < -0.39 is 0 Å². The van der Waals surface area contributed by atoms with Gasteiger partial charge in [-0.05, 0) is 72.8 Å². The van der Waals surface area contributed by atoms with Gasteiger partial charge in [0.2, 0.25) is 0 Å². The van der Waals surface area contributed by atoms with E-state index in [1.165, 1.54) is 0 Å². The van der Waals surface area contributed by atoms with Crippen molar-refractivity contribution in [3.8, 4) is 70.6 Å². The van der Waals surface area contributed by atoms with Crippen molar-refractivity contribution < 1.29 is 28.4 Å². The van der Waals surface area contributed by atoms with Crippen molar-refractivity contribution in [2.75, 3.05) is 0 Å². The highest BCUT2D eigenvalue weighted by molar-refractivity contribution is 5.36. The van der Waals surface area contributed by atoms with Gasteiger partial charge in [-0.25, -0.2) is 0 Å².